The van der Waals surface area contributed by atoms with E-state index in [1.165, 1.54) is 13.3 Å². The average Bonchev–Trinajstić information content (AvgIpc) is 2.38. The quantitative estimate of drug-likeness (QED) is 0.775. The summed E-state index contributed by atoms with van der Waals surface area (Å²) < 4.78 is 48.7. The van der Waals surface area contributed by atoms with Crippen LogP contribution in [0, 0.1) is 0 Å². The van der Waals surface area contributed by atoms with E-state index in [1.807, 2.05) is 0 Å². The van der Waals surface area contributed by atoms with Gasteiger partial charge in [-0.2, -0.15) is 13.2 Å². The molecule has 1 aromatic rings. The van der Waals surface area contributed by atoms with Gasteiger partial charge in [-0.3, -0.25) is 4.98 Å². The van der Waals surface area contributed by atoms with E-state index >= 15 is 0 Å². The normalized spacial score (nSPS) is 13.5. The van der Waals surface area contributed by atoms with Gasteiger partial charge in [0.1, 0.15) is 0 Å². The van der Waals surface area contributed by atoms with Crippen molar-refractivity contribution in [3.8, 4) is 0 Å². The first kappa shape index (κ1) is 15.9. The number of nitrogens with one attached hydrogen (secondary N) is 1. The minimum absolute atomic E-state index is 0.0786. The Balaban J connectivity index is 2.80. The zero-order valence-corrected chi connectivity index (χ0v) is 10.8. The summed E-state index contributed by atoms with van der Waals surface area (Å²) in [4.78, 5) is 3.75. The highest BCUT2D eigenvalue weighted by Gasteiger charge is 2.35. The topological polar surface area (TPSA) is 43.4 Å². The second kappa shape index (κ2) is 7.42. The lowest BCUT2D eigenvalue weighted by Gasteiger charge is -2.20. The predicted octanol–water partition coefficient (Wildman–Crippen LogP) is 2.02. The Morgan fingerprint density at radius 1 is 1.37 bits per heavy atom. The molecule has 1 atom stereocenters. The minimum atomic E-state index is -4.40. The number of methoxy groups -OCH3 is 1. The number of hydrogen-bond acceptors (Lipinski definition) is 4. The number of alkyl halides is 3. The second-order valence-electron chi connectivity index (χ2n) is 3.87. The van der Waals surface area contributed by atoms with E-state index < -0.39 is 17.8 Å². The lowest BCUT2D eigenvalue weighted by atomic mass is 10.0. The fraction of sp³-hybridized carbons (Fsp3) is 0.583. The summed E-state index contributed by atoms with van der Waals surface area (Å²) in [5.74, 6) is 0. The van der Waals surface area contributed by atoms with Gasteiger partial charge in [-0.05, 0) is 13.1 Å². The van der Waals surface area contributed by atoms with Crippen molar-refractivity contribution < 1.29 is 22.6 Å². The third-order valence-electron chi connectivity index (χ3n) is 2.60. The monoisotopic (exact) mass is 278 g/mol. The van der Waals surface area contributed by atoms with Gasteiger partial charge in [0.2, 0.25) is 0 Å². The molecule has 0 aliphatic heterocycles. The van der Waals surface area contributed by atoms with Crippen LogP contribution in [0.2, 0.25) is 0 Å². The van der Waals surface area contributed by atoms with E-state index in [2.05, 4.69) is 10.3 Å². The number of aromatic nitrogens is 1. The summed E-state index contributed by atoms with van der Waals surface area (Å²) >= 11 is 0. The average molecular weight is 278 g/mol. The van der Waals surface area contributed by atoms with Crippen molar-refractivity contribution >= 4 is 0 Å². The maximum atomic E-state index is 12.9. The summed E-state index contributed by atoms with van der Waals surface area (Å²) in [7, 11) is 3.11. The Hall–Kier alpha value is -1.18. The van der Waals surface area contributed by atoms with Gasteiger partial charge in [-0.1, -0.05) is 0 Å². The number of nitrogens with zero attached hydrogens (tertiary/aromatic N) is 1. The SMILES string of the molecule is CNC(COCCOC)c1cnccc1C(F)(F)F. The third-order valence-corrected chi connectivity index (χ3v) is 2.60. The molecule has 0 bridgehead atoms. The van der Waals surface area contributed by atoms with E-state index in [0.29, 0.717) is 13.2 Å². The molecule has 1 N–H and O–H groups in total. The third kappa shape index (κ3) is 4.77. The van der Waals surface area contributed by atoms with Crippen LogP contribution in [0.4, 0.5) is 13.2 Å². The smallest absolute Gasteiger partial charge is 0.382 e. The van der Waals surface area contributed by atoms with Crippen LogP contribution in [0.3, 0.4) is 0 Å². The highest BCUT2D eigenvalue weighted by atomic mass is 19.4. The molecule has 0 amide bonds. The van der Waals surface area contributed by atoms with Gasteiger partial charge in [0, 0.05) is 25.1 Å². The molecule has 0 saturated heterocycles. The Labute approximate surface area is 109 Å². The van der Waals surface area contributed by atoms with Crippen LogP contribution in [-0.4, -0.2) is 39.0 Å². The summed E-state index contributed by atoms with van der Waals surface area (Å²) in [5, 5.41) is 2.80. The van der Waals surface area contributed by atoms with E-state index in [4.69, 9.17) is 9.47 Å². The molecule has 7 heteroatoms. The maximum absolute atomic E-state index is 12.9. The largest absolute Gasteiger partial charge is 0.416 e. The van der Waals surface area contributed by atoms with Crippen molar-refractivity contribution in [2.24, 2.45) is 0 Å². The van der Waals surface area contributed by atoms with Gasteiger partial charge >= 0.3 is 6.18 Å². The molecule has 1 rings (SSSR count). The zero-order valence-electron chi connectivity index (χ0n) is 10.8. The lowest BCUT2D eigenvalue weighted by molar-refractivity contribution is -0.138. The van der Waals surface area contributed by atoms with Crippen LogP contribution in [0.1, 0.15) is 17.2 Å². The molecule has 19 heavy (non-hydrogen) atoms. The van der Waals surface area contributed by atoms with Gasteiger partial charge in [0.25, 0.3) is 0 Å². The molecular formula is C12H17F3N2O2. The number of ether oxygens (including phenoxy) is 2. The molecule has 1 unspecified atom stereocenters. The van der Waals surface area contributed by atoms with Crippen LogP contribution >= 0.6 is 0 Å². The van der Waals surface area contributed by atoms with E-state index in [1.54, 1.807) is 7.05 Å². The Kier molecular flexibility index (Phi) is 6.20. The number of hydrogen-bond donors (Lipinski definition) is 1. The van der Waals surface area contributed by atoms with Crippen LogP contribution in [0.5, 0.6) is 0 Å². The number of rotatable bonds is 7. The van der Waals surface area contributed by atoms with Crippen molar-refractivity contribution in [1.29, 1.82) is 0 Å². The van der Waals surface area contributed by atoms with Crippen LogP contribution in [-0.2, 0) is 15.7 Å². The predicted molar refractivity (Wildman–Crippen MR) is 63.7 cm³/mol. The molecule has 1 aromatic heterocycles. The highest BCUT2D eigenvalue weighted by Crippen LogP contribution is 2.33. The Morgan fingerprint density at radius 3 is 2.68 bits per heavy atom. The first-order valence-electron chi connectivity index (χ1n) is 5.75. The standard InChI is InChI=1S/C12H17F3N2O2/c1-16-11(8-19-6-5-18-2)9-7-17-4-3-10(9)12(13,14)15/h3-4,7,11,16H,5-6,8H2,1-2H3. The van der Waals surface area contributed by atoms with Gasteiger partial charge in [0.15, 0.2) is 0 Å². The van der Waals surface area contributed by atoms with Gasteiger partial charge < -0.3 is 14.8 Å². The van der Waals surface area contributed by atoms with Crippen LogP contribution in [0.15, 0.2) is 18.5 Å². The number of likely N-dealkylation sites (N-methyl/N-ethyl adjacent to an activating group) is 1. The maximum Gasteiger partial charge on any atom is 0.416 e. The Bertz CT molecular complexity index is 385. The van der Waals surface area contributed by atoms with Crippen molar-refractivity contribution in [2.75, 3.05) is 34.0 Å². The zero-order chi connectivity index (χ0) is 14.3. The first-order chi connectivity index (χ1) is 9.00. The fourth-order valence-electron chi connectivity index (χ4n) is 1.61. The summed E-state index contributed by atoms with van der Waals surface area (Å²) in [6, 6.07) is 0.400. The molecule has 0 fully saturated rings. The van der Waals surface area contributed by atoms with E-state index in [0.717, 1.165) is 12.3 Å². The Morgan fingerprint density at radius 2 is 2.11 bits per heavy atom. The minimum Gasteiger partial charge on any atom is -0.382 e. The van der Waals surface area contributed by atoms with E-state index in [-0.39, 0.29) is 12.2 Å². The van der Waals surface area contributed by atoms with Gasteiger partial charge in [-0.25, -0.2) is 0 Å². The molecule has 4 nitrogen and oxygen atoms in total. The summed E-state index contributed by atoms with van der Waals surface area (Å²) in [6.07, 6.45) is -2.06. The van der Waals surface area contributed by atoms with Crippen molar-refractivity contribution in [3.63, 3.8) is 0 Å². The molecule has 1 heterocycles. The second-order valence-corrected chi connectivity index (χ2v) is 3.87. The van der Waals surface area contributed by atoms with Gasteiger partial charge in [0.05, 0.1) is 31.4 Å². The lowest BCUT2D eigenvalue weighted by Crippen LogP contribution is -2.26. The number of pyridine rings is 1. The molecule has 0 aromatic carbocycles. The van der Waals surface area contributed by atoms with Crippen LogP contribution in [0.25, 0.3) is 0 Å². The molecule has 108 valence electrons. The van der Waals surface area contributed by atoms with Crippen molar-refractivity contribution in [1.82, 2.24) is 10.3 Å². The number of halogens is 3. The highest BCUT2D eigenvalue weighted by molar-refractivity contribution is 5.29. The molecule has 0 saturated carbocycles. The van der Waals surface area contributed by atoms with Crippen LogP contribution < -0.4 is 5.32 Å². The molecule has 0 aliphatic carbocycles. The van der Waals surface area contributed by atoms with Crippen molar-refractivity contribution in [2.45, 2.75) is 12.2 Å². The van der Waals surface area contributed by atoms with Crippen molar-refractivity contribution in [3.05, 3.63) is 29.6 Å². The first-order valence-corrected chi connectivity index (χ1v) is 5.75. The molecule has 0 spiro atoms. The fourth-order valence-corrected chi connectivity index (χ4v) is 1.61. The van der Waals surface area contributed by atoms with Gasteiger partial charge in [-0.15, -0.1) is 0 Å². The summed E-state index contributed by atoms with van der Waals surface area (Å²) in [6.45, 7) is 0.848. The molecular weight excluding hydrogens is 261 g/mol. The molecule has 0 radical (unpaired) electrons. The van der Waals surface area contributed by atoms with E-state index in [9.17, 15) is 13.2 Å². The molecule has 0 aliphatic rings. The summed E-state index contributed by atoms with van der Waals surface area (Å²) in [5.41, 5.74) is -0.618.